The molecule has 2 aromatic heterocycles. The molecule has 2 amide bonds. The second kappa shape index (κ2) is 7.85. The van der Waals surface area contributed by atoms with E-state index in [1.54, 1.807) is 6.92 Å². The molecule has 0 bridgehead atoms. The predicted molar refractivity (Wildman–Crippen MR) is 85.0 cm³/mol. The maximum absolute atomic E-state index is 12.6. The van der Waals surface area contributed by atoms with Crippen molar-refractivity contribution in [3.05, 3.63) is 35.7 Å². The minimum atomic E-state index is -4.50. The molecule has 0 spiro atoms. The summed E-state index contributed by atoms with van der Waals surface area (Å²) < 4.78 is 39.0. The highest BCUT2D eigenvalue weighted by atomic mass is 19.4. The van der Waals surface area contributed by atoms with Crippen LogP contribution in [0.25, 0.3) is 5.82 Å². The first-order chi connectivity index (χ1) is 12.2. The van der Waals surface area contributed by atoms with Gasteiger partial charge in [0, 0.05) is 25.2 Å². The monoisotopic (exact) mass is 371 g/mol. The smallest absolute Gasteiger partial charge is 0.417 e. The van der Waals surface area contributed by atoms with Crippen LogP contribution in [0.1, 0.15) is 24.1 Å². The summed E-state index contributed by atoms with van der Waals surface area (Å²) in [5.41, 5.74) is -0.372. The van der Waals surface area contributed by atoms with Gasteiger partial charge < -0.3 is 10.4 Å². The first-order valence-corrected chi connectivity index (χ1v) is 7.54. The van der Waals surface area contributed by atoms with Crippen LogP contribution in [0.4, 0.5) is 23.8 Å². The van der Waals surface area contributed by atoms with Gasteiger partial charge in [-0.15, -0.1) is 0 Å². The third-order valence-electron chi connectivity index (χ3n) is 3.22. The summed E-state index contributed by atoms with van der Waals surface area (Å²) >= 11 is 0. The average molecular weight is 371 g/mol. The van der Waals surface area contributed by atoms with Gasteiger partial charge in [0.1, 0.15) is 5.82 Å². The van der Waals surface area contributed by atoms with Gasteiger partial charge in [-0.1, -0.05) is 0 Å². The summed E-state index contributed by atoms with van der Waals surface area (Å²) in [6.07, 6.45) is -3.63. The number of amides is 2. The van der Waals surface area contributed by atoms with E-state index >= 15 is 0 Å². The molecule has 0 aliphatic heterocycles. The molecule has 3 N–H and O–H groups in total. The van der Waals surface area contributed by atoms with Crippen LogP contribution in [-0.4, -0.2) is 38.4 Å². The van der Waals surface area contributed by atoms with Crippen molar-refractivity contribution in [1.82, 2.24) is 20.1 Å². The number of carboxylic acids is 1. The lowest BCUT2D eigenvalue weighted by molar-refractivity contribution is -0.138. The molecule has 0 aliphatic carbocycles. The lowest BCUT2D eigenvalue weighted by atomic mass is 10.3. The fraction of sp³-hybridized carbons (Fsp3) is 0.333. The normalized spacial score (nSPS) is 11.2. The van der Waals surface area contributed by atoms with E-state index in [0.29, 0.717) is 11.9 Å². The minimum absolute atomic E-state index is 0.0766. The van der Waals surface area contributed by atoms with Crippen LogP contribution in [-0.2, 0) is 11.0 Å². The van der Waals surface area contributed by atoms with Crippen LogP contribution in [0.3, 0.4) is 0 Å². The molecule has 0 aromatic carbocycles. The largest absolute Gasteiger partial charge is 0.481 e. The van der Waals surface area contributed by atoms with Gasteiger partial charge in [0.15, 0.2) is 5.82 Å². The highest BCUT2D eigenvalue weighted by molar-refractivity contribution is 5.88. The number of anilines is 1. The van der Waals surface area contributed by atoms with Crippen molar-refractivity contribution in [3.8, 4) is 5.82 Å². The molecule has 0 radical (unpaired) electrons. The Balaban J connectivity index is 2.07. The number of aryl methyl sites for hydroxylation is 1. The summed E-state index contributed by atoms with van der Waals surface area (Å²) in [5, 5.41) is 17.6. The van der Waals surface area contributed by atoms with Gasteiger partial charge in [-0.2, -0.15) is 23.0 Å². The molecular formula is C15H16F3N5O3. The fourth-order valence-corrected chi connectivity index (χ4v) is 2.04. The zero-order valence-electron chi connectivity index (χ0n) is 13.7. The van der Waals surface area contributed by atoms with Gasteiger partial charge >= 0.3 is 18.2 Å². The highest BCUT2D eigenvalue weighted by Gasteiger charge is 2.30. The predicted octanol–water partition coefficient (Wildman–Crippen LogP) is 2.58. The number of aliphatic carboxylic acids is 1. The standard InChI is InChI=1S/C15H16F3N5O3/c1-9-7-12(21-14(26)19-6-2-3-13(24)25)23(22-9)11-5-4-10(8-20-11)15(16,17)18/h4-5,7-8H,2-3,6H2,1H3,(H,24,25)(H2,19,21,26). The Bertz CT molecular complexity index is 787. The van der Waals surface area contributed by atoms with E-state index in [4.69, 9.17) is 5.11 Å². The van der Waals surface area contributed by atoms with E-state index < -0.39 is 23.7 Å². The van der Waals surface area contributed by atoms with Crippen molar-refractivity contribution in [2.45, 2.75) is 25.9 Å². The van der Waals surface area contributed by atoms with Gasteiger partial charge in [0.25, 0.3) is 0 Å². The van der Waals surface area contributed by atoms with E-state index in [-0.39, 0.29) is 31.0 Å². The zero-order chi connectivity index (χ0) is 19.3. The van der Waals surface area contributed by atoms with Crippen molar-refractivity contribution in [2.75, 3.05) is 11.9 Å². The summed E-state index contributed by atoms with van der Waals surface area (Å²) in [7, 11) is 0. The number of hydrogen-bond donors (Lipinski definition) is 3. The second-order valence-corrected chi connectivity index (χ2v) is 5.36. The van der Waals surface area contributed by atoms with Gasteiger partial charge in [-0.3, -0.25) is 10.1 Å². The van der Waals surface area contributed by atoms with Gasteiger partial charge in [0.05, 0.1) is 11.3 Å². The molecule has 140 valence electrons. The molecule has 0 saturated carbocycles. The lowest BCUT2D eigenvalue weighted by Crippen LogP contribution is -2.30. The molecule has 0 fully saturated rings. The Morgan fingerprint density at radius 2 is 2.04 bits per heavy atom. The Hall–Kier alpha value is -3.11. The van der Waals surface area contributed by atoms with E-state index in [9.17, 15) is 22.8 Å². The number of carbonyl (C=O) groups is 2. The molecule has 2 heterocycles. The van der Waals surface area contributed by atoms with Gasteiger partial charge in [0.2, 0.25) is 0 Å². The number of aromatic nitrogens is 3. The van der Waals surface area contributed by atoms with E-state index in [1.807, 2.05) is 0 Å². The lowest BCUT2D eigenvalue weighted by Gasteiger charge is -2.10. The molecule has 2 rings (SSSR count). The number of rotatable bonds is 6. The molecule has 0 aliphatic rings. The third kappa shape index (κ3) is 5.19. The number of urea groups is 1. The molecule has 0 atom stereocenters. The van der Waals surface area contributed by atoms with Crippen molar-refractivity contribution in [1.29, 1.82) is 0 Å². The number of nitrogens with zero attached hydrogens (tertiary/aromatic N) is 3. The van der Waals surface area contributed by atoms with Gasteiger partial charge in [-0.05, 0) is 25.5 Å². The Morgan fingerprint density at radius 3 is 2.62 bits per heavy atom. The number of halogens is 3. The summed E-state index contributed by atoms with van der Waals surface area (Å²) in [6.45, 7) is 1.81. The number of hydrogen-bond acceptors (Lipinski definition) is 4. The minimum Gasteiger partial charge on any atom is -0.481 e. The van der Waals surface area contributed by atoms with Crippen LogP contribution in [0.5, 0.6) is 0 Å². The van der Waals surface area contributed by atoms with Crippen LogP contribution in [0, 0.1) is 6.92 Å². The molecule has 26 heavy (non-hydrogen) atoms. The zero-order valence-corrected chi connectivity index (χ0v) is 13.7. The molecule has 8 nitrogen and oxygen atoms in total. The quantitative estimate of drug-likeness (QED) is 0.676. The first kappa shape index (κ1) is 19.2. The van der Waals surface area contributed by atoms with E-state index in [0.717, 1.165) is 12.1 Å². The Morgan fingerprint density at radius 1 is 1.31 bits per heavy atom. The molecule has 2 aromatic rings. The van der Waals surface area contributed by atoms with Crippen molar-refractivity contribution in [3.63, 3.8) is 0 Å². The first-order valence-electron chi connectivity index (χ1n) is 7.54. The fourth-order valence-electron chi connectivity index (χ4n) is 2.04. The van der Waals surface area contributed by atoms with E-state index in [2.05, 4.69) is 20.7 Å². The summed E-state index contributed by atoms with van der Waals surface area (Å²) in [4.78, 5) is 26.0. The number of alkyl halides is 3. The highest BCUT2D eigenvalue weighted by Crippen LogP contribution is 2.29. The summed E-state index contributed by atoms with van der Waals surface area (Å²) in [5.74, 6) is -0.646. The van der Waals surface area contributed by atoms with Crippen molar-refractivity contribution >= 4 is 17.8 Å². The maximum Gasteiger partial charge on any atom is 0.417 e. The number of nitrogens with one attached hydrogen (secondary N) is 2. The number of carbonyl (C=O) groups excluding carboxylic acids is 1. The molecule has 0 saturated heterocycles. The Kier molecular flexibility index (Phi) is 5.80. The van der Waals surface area contributed by atoms with Crippen LogP contribution >= 0.6 is 0 Å². The molecular weight excluding hydrogens is 355 g/mol. The SMILES string of the molecule is Cc1cc(NC(=O)NCCCC(=O)O)n(-c2ccc(C(F)(F)F)cn2)n1. The van der Waals surface area contributed by atoms with Crippen LogP contribution in [0.15, 0.2) is 24.4 Å². The topological polar surface area (TPSA) is 109 Å². The molecule has 0 unspecified atom stereocenters. The maximum atomic E-state index is 12.6. The molecule has 11 heteroatoms. The second-order valence-electron chi connectivity index (χ2n) is 5.36. The van der Waals surface area contributed by atoms with Crippen molar-refractivity contribution < 1.29 is 27.9 Å². The Labute approximate surface area is 146 Å². The van der Waals surface area contributed by atoms with Crippen LogP contribution in [0.2, 0.25) is 0 Å². The number of pyridine rings is 1. The average Bonchev–Trinajstić information content (AvgIpc) is 2.91. The number of carboxylic acid groups (broad SMARTS) is 1. The van der Waals surface area contributed by atoms with Crippen molar-refractivity contribution in [2.24, 2.45) is 0 Å². The van der Waals surface area contributed by atoms with E-state index in [1.165, 1.54) is 10.7 Å². The van der Waals surface area contributed by atoms with Gasteiger partial charge in [-0.25, -0.2) is 9.78 Å². The third-order valence-corrected chi connectivity index (χ3v) is 3.22. The van der Waals surface area contributed by atoms with Crippen LogP contribution < -0.4 is 10.6 Å². The summed E-state index contributed by atoms with van der Waals surface area (Å²) in [6, 6.07) is 2.94.